The van der Waals surface area contributed by atoms with Gasteiger partial charge in [0, 0.05) is 12.6 Å². The van der Waals surface area contributed by atoms with Gasteiger partial charge in [0.15, 0.2) is 0 Å². The Balaban J connectivity index is 1.45. The number of hydrogen-bond donors (Lipinski definition) is 2. The maximum absolute atomic E-state index is 9.77. The molecule has 3 atom stereocenters. The van der Waals surface area contributed by atoms with Crippen LogP contribution in [-0.4, -0.2) is 36.0 Å². The molecule has 116 valence electrons. The first-order chi connectivity index (χ1) is 9.76. The van der Waals surface area contributed by atoms with Crippen LogP contribution in [0.5, 0.6) is 0 Å². The Labute approximate surface area is 123 Å². The van der Waals surface area contributed by atoms with Crippen LogP contribution in [0.3, 0.4) is 0 Å². The summed E-state index contributed by atoms with van der Waals surface area (Å²) in [7, 11) is 0. The zero-order chi connectivity index (χ0) is 13.8. The molecule has 3 nitrogen and oxygen atoms in total. The van der Waals surface area contributed by atoms with E-state index >= 15 is 0 Å². The summed E-state index contributed by atoms with van der Waals surface area (Å²) in [5.74, 6) is 0.684. The lowest BCUT2D eigenvalue weighted by Gasteiger charge is -2.44. The highest BCUT2D eigenvalue weighted by molar-refractivity contribution is 4.92. The zero-order valence-electron chi connectivity index (χ0n) is 12.8. The molecule has 2 saturated carbocycles. The Morgan fingerprint density at radius 1 is 1.05 bits per heavy atom. The smallest absolute Gasteiger partial charge is 0.0697 e. The molecule has 3 aliphatic rings. The van der Waals surface area contributed by atoms with Gasteiger partial charge in [-0.3, -0.25) is 0 Å². The molecule has 2 N–H and O–H groups in total. The van der Waals surface area contributed by atoms with E-state index in [4.69, 9.17) is 4.74 Å². The van der Waals surface area contributed by atoms with E-state index in [2.05, 4.69) is 5.32 Å². The van der Waals surface area contributed by atoms with E-state index < -0.39 is 0 Å². The molecule has 1 aliphatic heterocycles. The minimum atomic E-state index is -0.0464. The third kappa shape index (κ3) is 3.75. The number of aliphatic hydroxyl groups is 1. The number of nitrogens with one attached hydrogen (secondary N) is 1. The Morgan fingerprint density at radius 3 is 2.70 bits per heavy atom. The second-order valence-corrected chi connectivity index (χ2v) is 7.38. The average molecular weight is 281 g/mol. The van der Waals surface area contributed by atoms with Crippen LogP contribution in [0.2, 0.25) is 0 Å². The van der Waals surface area contributed by atoms with Crippen molar-refractivity contribution in [2.75, 3.05) is 13.2 Å². The first-order valence-electron chi connectivity index (χ1n) is 8.81. The number of rotatable bonds is 3. The molecule has 1 heterocycles. The van der Waals surface area contributed by atoms with Crippen molar-refractivity contribution in [2.45, 2.75) is 88.4 Å². The first kappa shape index (κ1) is 14.8. The molecule has 1 saturated heterocycles. The van der Waals surface area contributed by atoms with Gasteiger partial charge in [0.1, 0.15) is 0 Å². The summed E-state index contributed by atoms with van der Waals surface area (Å²) in [5.41, 5.74) is 0.209. The SMILES string of the molecule is OC1CCCC(CNC2CCOC3(CCCCC3)C2)C1. The van der Waals surface area contributed by atoms with E-state index in [0.717, 1.165) is 32.4 Å². The Kier molecular flexibility index (Phi) is 5.00. The maximum atomic E-state index is 9.77. The number of aliphatic hydroxyl groups excluding tert-OH is 1. The van der Waals surface area contributed by atoms with Crippen LogP contribution in [0.1, 0.15) is 70.6 Å². The van der Waals surface area contributed by atoms with Crippen molar-refractivity contribution in [3.8, 4) is 0 Å². The number of ether oxygens (including phenoxy) is 1. The topological polar surface area (TPSA) is 41.5 Å². The van der Waals surface area contributed by atoms with Crippen molar-refractivity contribution in [3.05, 3.63) is 0 Å². The molecule has 3 heteroatoms. The Hall–Kier alpha value is -0.120. The lowest BCUT2D eigenvalue weighted by molar-refractivity contribution is -0.109. The van der Waals surface area contributed by atoms with Gasteiger partial charge in [0.2, 0.25) is 0 Å². The Bertz CT molecular complexity index is 296. The summed E-state index contributed by atoms with van der Waals surface area (Å²) in [6.07, 6.45) is 13.5. The Morgan fingerprint density at radius 2 is 1.90 bits per heavy atom. The fraction of sp³-hybridized carbons (Fsp3) is 1.00. The summed E-state index contributed by atoms with van der Waals surface area (Å²) >= 11 is 0. The quantitative estimate of drug-likeness (QED) is 0.835. The van der Waals surface area contributed by atoms with Crippen molar-refractivity contribution in [1.29, 1.82) is 0 Å². The van der Waals surface area contributed by atoms with Crippen molar-refractivity contribution in [1.82, 2.24) is 5.32 Å². The van der Waals surface area contributed by atoms with Crippen LogP contribution < -0.4 is 5.32 Å². The molecule has 20 heavy (non-hydrogen) atoms. The number of hydrogen-bond acceptors (Lipinski definition) is 3. The molecule has 0 aromatic heterocycles. The van der Waals surface area contributed by atoms with Crippen molar-refractivity contribution < 1.29 is 9.84 Å². The summed E-state index contributed by atoms with van der Waals surface area (Å²) in [4.78, 5) is 0. The lowest BCUT2D eigenvalue weighted by Crippen LogP contribution is -2.49. The van der Waals surface area contributed by atoms with Gasteiger partial charge in [-0.1, -0.05) is 25.7 Å². The molecule has 0 aromatic carbocycles. The highest BCUT2D eigenvalue weighted by Gasteiger charge is 2.38. The molecule has 3 fully saturated rings. The highest BCUT2D eigenvalue weighted by atomic mass is 16.5. The van der Waals surface area contributed by atoms with E-state index in [-0.39, 0.29) is 11.7 Å². The molecule has 3 rings (SSSR count). The molecule has 0 bridgehead atoms. The fourth-order valence-corrected chi connectivity index (χ4v) is 4.53. The molecule has 3 unspecified atom stereocenters. The van der Waals surface area contributed by atoms with Crippen LogP contribution in [0, 0.1) is 5.92 Å². The molecule has 0 radical (unpaired) electrons. The standard InChI is InChI=1S/C17H31NO2/c19-16-6-4-5-14(11-16)13-18-15-7-10-20-17(12-15)8-2-1-3-9-17/h14-16,18-19H,1-13H2. The van der Waals surface area contributed by atoms with Crippen LogP contribution in [-0.2, 0) is 4.74 Å². The summed E-state index contributed by atoms with van der Waals surface area (Å²) in [5, 5.41) is 13.6. The first-order valence-corrected chi connectivity index (χ1v) is 8.81. The average Bonchev–Trinajstić information content (AvgIpc) is 2.46. The minimum Gasteiger partial charge on any atom is -0.393 e. The van der Waals surface area contributed by atoms with Gasteiger partial charge in [-0.05, 0) is 57.4 Å². The van der Waals surface area contributed by atoms with E-state index in [9.17, 15) is 5.11 Å². The predicted molar refractivity (Wildman–Crippen MR) is 80.8 cm³/mol. The predicted octanol–water partition coefficient (Wildman–Crippen LogP) is 3.01. The molecular formula is C17H31NO2. The monoisotopic (exact) mass is 281 g/mol. The van der Waals surface area contributed by atoms with Crippen molar-refractivity contribution in [2.24, 2.45) is 5.92 Å². The third-order valence-corrected chi connectivity index (χ3v) is 5.71. The fourth-order valence-electron chi connectivity index (χ4n) is 4.53. The van der Waals surface area contributed by atoms with Gasteiger partial charge in [-0.2, -0.15) is 0 Å². The third-order valence-electron chi connectivity index (χ3n) is 5.71. The summed E-state index contributed by atoms with van der Waals surface area (Å²) in [6.45, 7) is 2.03. The van der Waals surface area contributed by atoms with Gasteiger partial charge in [0.25, 0.3) is 0 Å². The second kappa shape index (κ2) is 6.76. The minimum absolute atomic E-state index is 0.0464. The van der Waals surface area contributed by atoms with Gasteiger partial charge >= 0.3 is 0 Å². The van der Waals surface area contributed by atoms with Gasteiger partial charge in [0.05, 0.1) is 11.7 Å². The largest absolute Gasteiger partial charge is 0.393 e. The van der Waals surface area contributed by atoms with Crippen molar-refractivity contribution in [3.63, 3.8) is 0 Å². The molecule has 0 amide bonds. The summed E-state index contributed by atoms with van der Waals surface area (Å²) in [6, 6.07) is 0.640. The van der Waals surface area contributed by atoms with E-state index in [1.807, 2.05) is 0 Å². The molecule has 2 aliphatic carbocycles. The van der Waals surface area contributed by atoms with Gasteiger partial charge < -0.3 is 15.2 Å². The normalized spacial score (nSPS) is 38.0. The van der Waals surface area contributed by atoms with E-state index in [1.165, 1.54) is 51.4 Å². The van der Waals surface area contributed by atoms with Gasteiger partial charge in [-0.25, -0.2) is 0 Å². The van der Waals surface area contributed by atoms with Crippen LogP contribution >= 0.6 is 0 Å². The molecule has 1 spiro atoms. The maximum Gasteiger partial charge on any atom is 0.0697 e. The van der Waals surface area contributed by atoms with Crippen LogP contribution in [0.15, 0.2) is 0 Å². The highest BCUT2D eigenvalue weighted by Crippen LogP contribution is 2.38. The van der Waals surface area contributed by atoms with Crippen LogP contribution in [0.4, 0.5) is 0 Å². The molecular weight excluding hydrogens is 250 g/mol. The van der Waals surface area contributed by atoms with Crippen LogP contribution in [0.25, 0.3) is 0 Å². The van der Waals surface area contributed by atoms with E-state index in [1.54, 1.807) is 0 Å². The molecule has 0 aromatic rings. The van der Waals surface area contributed by atoms with Crippen molar-refractivity contribution >= 4 is 0 Å². The second-order valence-electron chi connectivity index (χ2n) is 7.38. The summed E-state index contributed by atoms with van der Waals surface area (Å²) < 4.78 is 6.17. The van der Waals surface area contributed by atoms with Gasteiger partial charge in [-0.15, -0.1) is 0 Å². The van der Waals surface area contributed by atoms with E-state index in [0.29, 0.717) is 12.0 Å². The lowest BCUT2D eigenvalue weighted by atomic mass is 9.78. The zero-order valence-corrected chi connectivity index (χ0v) is 12.8.